The molecule has 1 N–H and O–H groups in total. The lowest BCUT2D eigenvalue weighted by Crippen LogP contribution is -2.53. The number of carbonyl (C=O) groups excluding carboxylic acids is 2. The van der Waals surface area contributed by atoms with Crippen molar-refractivity contribution in [2.45, 2.75) is 82.5 Å². The van der Waals surface area contributed by atoms with Crippen LogP contribution in [-0.4, -0.2) is 96.1 Å². The van der Waals surface area contributed by atoms with Crippen LogP contribution in [0.15, 0.2) is 26.2 Å². The maximum Gasteiger partial charge on any atom is 0.407 e. The molecule has 37 heavy (non-hydrogen) atoms. The number of amides is 2. The number of halogens is 3. The molecular weight excluding hydrogens is 489 g/mol. The molecule has 0 radical (unpaired) electrons. The maximum atomic E-state index is 13.5. The molecule has 9 nitrogen and oxygen atoms in total. The minimum Gasteiger partial charge on any atom is -0.359 e. The summed E-state index contributed by atoms with van der Waals surface area (Å²) in [5.41, 5.74) is 1.23. The minimum atomic E-state index is -4.38. The van der Waals surface area contributed by atoms with Crippen LogP contribution in [0.5, 0.6) is 0 Å². The largest absolute Gasteiger partial charge is 0.407 e. The third kappa shape index (κ3) is 4.92. The van der Waals surface area contributed by atoms with Gasteiger partial charge in [-0.3, -0.25) is 24.6 Å². The van der Waals surface area contributed by atoms with Crippen LogP contribution >= 0.6 is 0 Å². The van der Waals surface area contributed by atoms with E-state index < -0.39 is 36.4 Å². The number of rotatable bonds is 6. The van der Waals surface area contributed by atoms with Crippen LogP contribution in [0.3, 0.4) is 0 Å². The summed E-state index contributed by atoms with van der Waals surface area (Å²) >= 11 is 0. The van der Waals surface area contributed by atoms with Gasteiger partial charge >= 0.3 is 6.18 Å². The molecule has 0 aromatic heterocycles. The molecule has 4 aliphatic heterocycles. The van der Waals surface area contributed by atoms with Crippen molar-refractivity contribution >= 4 is 30.0 Å². The van der Waals surface area contributed by atoms with E-state index in [0.29, 0.717) is 24.1 Å². The number of aliphatic imine (C=N–C) groups is 2. The molecule has 4 heterocycles. The molecule has 5 rings (SSSR count). The van der Waals surface area contributed by atoms with Gasteiger partial charge in [0.2, 0.25) is 5.91 Å². The quantitative estimate of drug-likeness (QED) is 0.579. The van der Waals surface area contributed by atoms with E-state index in [0.717, 1.165) is 23.4 Å². The van der Waals surface area contributed by atoms with Crippen molar-refractivity contribution in [1.82, 2.24) is 15.2 Å². The Morgan fingerprint density at radius 3 is 2.65 bits per heavy atom. The fourth-order valence-corrected chi connectivity index (χ4v) is 5.91. The number of dihydropyridines is 1. The Morgan fingerprint density at radius 2 is 2.00 bits per heavy atom. The Bertz CT molecular complexity index is 1090. The van der Waals surface area contributed by atoms with Crippen LogP contribution in [-0.2, 0) is 14.3 Å². The summed E-state index contributed by atoms with van der Waals surface area (Å²) in [6, 6.07) is -0.562. The van der Waals surface area contributed by atoms with Gasteiger partial charge in [-0.15, -0.1) is 0 Å². The Labute approximate surface area is 213 Å². The minimum absolute atomic E-state index is 0.0246. The zero-order chi connectivity index (χ0) is 26.7. The number of likely N-dealkylation sites (tertiary alicyclic amines) is 1. The average Bonchev–Trinajstić information content (AvgIpc) is 3.48. The highest BCUT2D eigenvalue weighted by atomic mass is 19.4. The molecule has 0 spiro atoms. The van der Waals surface area contributed by atoms with Crippen molar-refractivity contribution in [2.75, 3.05) is 20.2 Å². The molecule has 5 unspecified atom stereocenters. The van der Waals surface area contributed by atoms with E-state index in [4.69, 9.17) is 9.73 Å². The van der Waals surface area contributed by atoms with E-state index in [-0.39, 0.29) is 36.4 Å². The van der Waals surface area contributed by atoms with Crippen LogP contribution in [0.2, 0.25) is 0 Å². The van der Waals surface area contributed by atoms with Gasteiger partial charge in [-0.1, -0.05) is 5.57 Å². The van der Waals surface area contributed by atoms with Crippen molar-refractivity contribution in [1.29, 1.82) is 0 Å². The van der Waals surface area contributed by atoms with Gasteiger partial charge in [0.25, 0.3) is 5.91 Å². The number of methoxy groups -OCH3 is 1. The number of hydrogen-bond donors (Lipinski definition) is 1. The number of carbonyl (C=O) groups is 2. The van der Waals surface area contributed by atoms with E-state index in [1.807, 2.05) is 27.0 Å². The molecule has 5 aliphatic rings. The van der Waals surface area contributed by atoms with Crippen LogP contribution in [0, 0.1) is 11.8 Å². The normalized spacial score (nSPS) is 33.2. The van der Waals surface area contributed by atoms with E-state index in [1.165, 1.54) is 6.21 Å². The van der Waals surface area contributed by atoms with Crippen molar-refractivity contribution in [3.63, 3.8) is 0 Å². The summed E-state index contributed by atoms with van der Waals surface area (Å²) in [7, 11) is 1.54. The first-order valence-electron chi connectivity index (χ1n) is 12.7. The van der Waals surface area contributed by atoms with Gasteiger partial charge in [0.15, 0.2) is 6.23 Å². The highest BCUT2D eigenvalue weighted by Gasteiger charge is 2.53. The van der Waals surface area contributed by atoms with Crippen molar-refractivity contribution in [3.05, 3.63) is 11.1 Å². The lowest BCUT2D eigenvalue weighted by molar-refractivity contribution is -0.146. The zero-order valence-electron chi connectivity index (χ0n) is 21.5. The van der Waals surface area contributed by atoms with E-state index >= 15 is 0 Å². The Kier molecular flexibility index (Phi) is 6.44. The van der Waals surface area contributed by atoms with Crippen LogP contribution in [0.1, 0.15) is 46.5 Å². The highest BCUT2D eigenvalue weighted by Crippen LogP contribution is 2.41. The zero-order valence-corrected chi connectivity index (χ0v) is 21.5. The number of hydrogen-bond acceptors (Lipinski definition) is 7. The molecule has 1 aliphatic carbocycles. The Hall–Kier alpha value is -2.76. The van der Waals surface area contributed by atoms with Crippen molar-refractivity contribution in [2.24, 2.45) is 26.9 Å². The summed E-state index contributed by atoms with van der Waals surface area (Å²) in [4.78, 5) is 37.6. The number of alkyl halides is 3. The average molecular weight is 523 g/mol. The molecule has 1 saturated heterocycles. The second kappa shape index (κ2) is 9.21. The van der Waals surface area contributed by atoms with Crippen molar-refractivity contribution in [3.8, 4) is 0 Å². The molecular formula is C25H33F3N6O3. The molecule has 2 amide bonds. The summed E-state index contributed by atoms with van der Waals surface area (Å²) in [5, 5.41) is 7.91. The van der Waals surface area contributed by atoms with Crippen LogP contribution < -0.4 is 5.32 Å². The first-order valence-corrected chi connectivity index (χ1v) is 12.7. The Morgan fingerprint density at radius 1 is 1.27 bits per heavy atom. The summed E-state index contributed by atoms with van der Waals surface area (Å²) in [6.07, 6.45) is 1.37. The van der Waals surface area contributed by atoms with Gasteiger partial charge < -0.3 is 15.0 Å². The summed E-state index contributed by atoms with van der Waals surface area (Å²) in [5.74, 6) is -0.821. The third-order valence-corrected chi connectivity index (χ3v) is 7.87. The number of nitrogens with one attached hydrogen (secondary N) is 1. The topological polar surface area (TPSA) is 99.0 Å². The molecule has 0 aromatic rings. The molecule has 2 fully saturated rings. The molecule has 202 valence electrons. The van der Waals surface area contributed by atoms with Gasteiger partial charge in [-0.25, -0.2) is 0 Å². The number of fused-ring (bicyclic) bond motifs is 1. The number of nitrogens with zero attached hydrogens (tertiary/aromatic N) is 5. The highest BCUT2D eigenvalue weighted by molar-refractivity contribution is 6.31. The standard InChI is InChI=1S/C25H33F3N6O3/c1-13-7-18(14-8-17(22(37-4)29-9-14)21(35)31-15-5-6-15)32-20-19(13)23(36)34(24(20,2)3)16-10-30-33(11-16)12-25(26,27)28/h9-10,14-18,22H,5-8,11-12H2,1-4H3,(H,31,35). The predicted molar refractivity (Wildman–Crippen MR) is 131 cm³/mol. The van der Waals surface area contributed by atoms with Gasteiger partial charge in [-0.2, -0.15) is 18.3 Å². The lowest BCUT2D eigenvalue weighted by Gasteiger charge is -2.37. The number of hydrazone groups is 1. The first kappa shape index (κ1) is 25.9. The predicted octanol–water partition coefficient (Wildman–Crippen LogP) is 2.33. The second-order valence-electron chi connectivity index (χ2n) is 11.1. The first-order chi connectivity index (χ1) is 17.4. The van der Waals surface area contributed by atoms with E-state index in [9.17, 15) is 22.8 Å². The van der Waals surface area contributed by atoms with Crippen LogP contribution in [0.25, 0.3) is 0 Å². The van der Waals surface area contributed by atoms with Crippen LogP contribution in [0.4, 0.5) is 13.2 Å². The SMILES string of the molecule is COC1N=CC(C2CC(C)=C3C(=O)N(C4C=NN(CC(F)(F)F)C4)C(C)(C)C3=N2)CC1C(=O)NC1CC1. The Balaban J connectivity index is 1.36. The van der Waals surface area contributed by atoms with Gasteiger partial charge in [-0.05, 0) is 46.5 Å². The molecule has 1 saturated carbocycles. The summed E-state index contributed by atoms with van der Waals surface area (Å²) in [6.45, 7) is 4.46. The lowest BCUT2D eigenvalue weighted by atomic mass is 9.80. The van der Waals surface area contributed by atoms with Gasteiger partial charge in [0, 0.05) is 31.5 Å². The summed E-state index contributed by atoms with van der Waals surface area (Å²) < 4.78 is 44.1. The molecule has 12 heteroatoms. The fraction of sp³-hybridized carbons (Fsp3) is 0.720. The fourth-order valence-electron chi connectivity index (χ4n) is 5.91. The smallest absolute Gasteiger partial charge is 0.359 e. The second-order valence-corrected chi connectivity index (χ2v) is 11.1. The van der Waals surface area contributed by atoms with Crippen molar-refractivity contribution < 1.29 is 27.5 Å². The van der Waals surface area contributed by atoms with E-state index in [2.05, 4.69) is 15.4 Å². The number of ether oxygens (including phenoxy) is 1. The third-order valence-electron chi connectivity index (χ3n) is 7.87. The maximum absolute atomic E-state index is 13.5. The van der Waals surface area contributed by atoms with Gasteiger partial charge in [0.05, 0.1) is 41.4 Å². The monoisotopic (exact) mass is 522 g/mol. The van der Waals surface area contributed by atoms with E-state index in [1.54, 1.807) is 12.0 Å². The molecule has 0 aromatic carbocycles. The molecule has 0 bridgehead atoms. The molecule has 5 atom stereocenters. The van der Waals surface area contributed by atoms with Gasteiger partial charge in [0.1, 0.15) is 6.54 Å².